The van der Waals surface area contributed by atoms with Gasteiger partial charge in [0, 0.05) is 52.3 Å². The third-order valence-electron chi connectivity index (χ3n) is 7.09. The standard InChI is InChI=1S/C28H31N5O6/c1-30(27-9-6-22(17-29-27)33(35)36)23-7-3-20(15-25(23)37-2)5-10-28(34)32-13-11-31(12-14-32)18-21-4-8-24-26(16-21)39-19-38-24/h3-4,6-9,15-17H,5,10-14,18-19H2,1-2H3. The van der Waals surface area contributed by atoms with Crippen molar-refractivity contribution in [3.63, 3.8) is 0 Å². The molecule has 1 amide bonds. The second-order valence-electron chi connectivity index (χ2n) is 9.54. The number of fused-ring (bicyclic) bond motifs is 1. The van der Waals surface area contributed by atoms with Gasteiger partial charge in [0.1, 0.15) is 17.8 Å². The Morgan fingerprint density at radius 3 is 2.54 bits per heavy atom. The first kappa shape index (κ1) is 26.2. The second kappa shape index (κ2) is 11.6. The molecule has 1 fully saturated rings. The van der Waals surface area contributed by atoms with E-state index in [1.807, 2.05) is 42.3 Å². The van der Waals surface area contributed by atoms with Crippen LogP contribution in [0.2, 0.25) is 0 Å². The molecule has 0 unspecified atom stereocenters. The van der Waals surface area contributed by atoms with Gasteiger partial charge in [-0.1, -0.05) is 12.1 Å². The zero-order valence-corrected chi connectivity index (χ0v) is 22.0. The van der Waals surface area contributed by atoms with E-state index in [0.29, 0.717) is 37.5 Å². The van der Waals surface area contributed by atoms with E-state index in [1.165, 1.54) is 17.8 Å². The highest BCUT2D eigenvalue weighted by Gasteiger charge is 2.22. The molecule has 11 heteroatoms. The third kappa shape index (κ3) is 6.04. The zero-order valence-electron chi connectivity index (χ0n) is 22.0. The molecule has 0 aliphatic carbocycles. The second-order valence-corrected chi connectivity index (χ2v) is 9.54. The van der Waals surface area contributed by atoms with Crippen LogP contribution in [-0.2, 0) is 17.8 Å². The fraction of sp³-hybridized carbons (Fsp3) is 0.357. The van der Waals surface area contributed by atoms with Crippen molar-refractivity contribution in [2.45, 2.75) is 19.4 Å². The topological polar surface area (TPSA) is 111 Å². The smallest absolute Gasteiger partial charge is 0.287 e. The van der Waals surface area contributed by atoms with Gasteiger partial charge in [0.25, 0.3) is 5.69 Å². The maximum absolute atomic E-state index is 12.9. The van der Waals surface area contributed by atoms with Gasteiger partial charge in [0.2, 0.25) is 12.7 Å². The number of pyridine rings is 1. The number of hydrogen-bond acceptors (Lipinski definition) is 9. The summed E-state index contributed by atoms with van der Waals surface area (Å²) in [6, 6.07) is 14.9. The normalized spacial score (nSPS) is 14.8. The molecule has 0 spiro atoms. The molecule has 2 aliphatic heterocycles. The van der Waals surface area contributed by atoms with Crippen LogP contribution < -0.4 is 19.1 Å². The highest BCUT2D eigenvalue weighted by molar-refractivity contribution is 5.76. The van der Waals surface area contributed by atoms with Crippen molar-refractivity contribution in [2.75, 3.05) is 52.0 Å². The van der Waals surface area contributed by atoms with Crippen molar-refractivity contribution < 1.29 is 23.9 Å². The van der Waals surface area contributed by atoms with E-state index in [1.54, 1.807) is 18.1 Å². The van der Waals surface area contributed by atoms with Crippen LogP contribution in [-0.4, -0.2) is 72.7 Å². The van der Waals surface area contributed by atoms with Crippen molar-refractivity contribution in [2.24, 2.45) is 0 Å². The molecule has 0 saturated carbocycles. The number of rotatable bonds is 9. The van der Waals surface area contributed by atoms with Crippen LogP contribution in [0.5, 0.6) is 17.2 Å². The minimum absolute atomic E-state index is 0.0646. The number of benzene rings is 2. The number of aryl methyl sites for hydroxylation is 1. The van der Waals surface area contributed by atoms with Crippen molar-refractivity contribution in [1.82, 2.24) is 14.8 Å². The summed E-state index contributed by atoms with van der Waals surface area (Å²) in [6.07, 6.45) is 2.26. The van der Waals surface area contributed by atoms with Crippen LogP contribution in [0.4, 0.5) is 17.2 Å². The first-order valence-electron chi connectivity index (χ1n) is 12.8. The molecule has 0 bridgehead atoms. The number of piperazine rings is 1. The molecule has 1 aromatic heterocycles. The van der Waals surface area contributed by atoms with Crippen LogP contribution >= 0.6 is 0 Å². The zero-order chi connectivity index (χ0) is 27.4. The molecule has 3 heterocycles. The minimum atomic E-state index is -0.478. The monoisotopic (exact) mass is 533 g/mol. The molecule has 39 heavy (non-hydrogen) atoms. The van der Waals surface area contributed by atoms with Crippen LogP contribution in [0.15, 0.2) is 54.7 Å². The molecule has 2 aromatic carbocycles. The van der Waals surface area contributed by atoms with E-state index in [9.17, 15) is 14.9 Å². The van der Waals surface area contributed by atoms with E-state index in [2.05, 4.69) is 16.0 Å². The van der Waals surface area contributed by atoms with Crippen LogP contribution in [0.3, 0.4) is 0 Å². The van der Waals surface area contributed by atoms with E-state index in [-0.39, 0.29) is 18.4 Å². The largest absolute Gasteiger partial charge is 0.495 e. The number of anilines is 2. The number of aromatic nitrogens is 1. The van der Waals surface area contributed by atoms with E-state index in [4.69, 9.17) is 14.2 Å². The summed E-state index contributed by atoms with van der Waals surface area (Å²) in [5.41, 5.74) is 2.87. The van der Waals surface area contributed by atoms with Crippen LogP contribution in [0.1, 0.15) is 17.5 Å². The summed E-state index contributed by atoms with van der Waals surface area (Å²) >= 11 is 0. The molecule has 3 aromatic rings. The SMILES string of the molecule is COc1cc(CCC(=O)N2CCN(Cc3ccc4c(c3)OCO4)CC2)ccc1N(C)c1ccc([N+](=O)[O-])cn1. The maximum atomic E-state index is 12.9. The number of ether oxygens (including phenoxy) is 3. The van der Waals surface area contributed by atoms with E-state index >= 15 is 0 Å². The van der Waals surface area contributed by atoms with E-state index in [0.717, 1.165) is 42.4 Å². The van der Waals surface area contributed by atoms with Crippen molar-refractivity contribution >= 4 is 23.1 Å². The predicted molar refractivity (Wildman–Crippen MR) is 145 cm³/mol. The lowest BCUT2D eigenvalue weighted by atomic mass is 10.1. The number of nitro groups is 1. The summed E-state index contributed by atoms with van der Waals surface area (Å²) in [7, 11) is 3.41. The first-order valence-corrected chi connectivity index (χ1v) is 12.8. The molecule has 11 nitrogen and oxygen atoms in total. The Kier molecular flexibility index (Phi) is 7.78. The Morgan fingerprint density at radius 1 is 1.05 bits per heavy atom. The average molecular weight is 534 g/mol. The van der Waals surface area contributed by atoms with Gasteiger partial charge in [-0.3, -0.25) is 19.8 Å². The van der Waals surface area contributed by atoms with Gasteiger partial charge in [-0.2, -0.15) is 0 Å². The lowest BCUT2D eigenvalue weighted by Crippen LogP contribution is -2.48. The molecular formula is C28H31N5O6. The number of carbonyl (C=O) groups excluding carboxylic acids is 1. The lowest BCUT2D eigenvalue weighted by molar-refractivity contribution is -0.385. The van der Waals surface area contributed by atoms with Crippen LogP contribution in [0.25, 0.3) is 0 Å². The number of amides is 1. The summed E-state index contributed by atoms with van der Waals surface area (Å²) in [4.78, 5) is 33.7. The molecule has 1 saturated heterocycles. The number of nitrogens with zero attached hydrogens (tertiary/aromatic N) is 5. The van der Waals surface area contributed by atoms with Gasteiger partial charge in [-0.05, 0) is 47.9 Å². The van der Waals surface area contributed by atoms with Gasteiger partial charge in [0.05, 0.1) is 17.7 Å². The minimum Gasteiger partial charge on any atom is -0.495 e. The fourth-order valence-corrected chi connectivity index (χ4v) is 4.82. The Labute approximate surface area is 226 Å². The first-order chi connectivity index (χ1) is 18.9. The Balaban J connectivity index is 1.12. The van der Waals surface area contributed by atoms with Crippen molar-refractivity contribution in [3.05, 3.63) is 76.0 Å². The Bertz CT molecular complexity index is 1340. The molecule has 0 N–H and O–H groups in total. The quantitative estimate of drug-likeness (QED) is 0.300. The third-order valence-corrected chi connectivity index (χ3v) is 7.09. The highest BCUT2D eigenvalue weighted by atomic mass is 16.7. The molecule has 0 radical (unpaired) electrons. The van der Waals surface area contributed by atoms with Gasteiger partial charge in [-0.25, -0.2) is 4.98 Å². The Hall–Kier alpha value is -4.38. The lowest BCUT2D eigenvalue weighted by Gasteiger charge is -2.35. The molecular weight excluding hydrogens is 502 g/mol. The van der Waals surface area contributed by atoms with Gasteiger partial charge in [-0.15, -0.1) is 0 Å². The summed E-state index contributed by atoms with van der Waals surface area (Å²) in [6.45, 7) is 4.15. The summed E-state index contributed by atoms with van der Waals surface area (Å²) < 4.78 is 16.5. The van der Waals surface area contributed by atoms with Gasteiger partial charge in [0.15, 0.2) is 11.5 Å². The van der Waals surface area contributed by atoms with E-state index < -0.39 is 4.92 Å². The molecule has 0 atom stereocenters. The summed E-state index contributed by atoms with van der Waals surface area (Å²) in [5, 5.41) is 10.9. The average Bonchev–Trinajstić information content (AvgIpc) is 3.44. The van der Waals surface area contributed by atoms with Crippen LogP contribution in [0, 0.1) is 10.1 Å². The highest BCUT2D eigenvalue weighted by Crippen LogP contribution is 2.34. The van der Waals surface area contributed by atoms with Crippen molar-refractivity contribution in [1.29, 1.82) is 0 Å². The number of methoxy groups -OCH3 is 1. The molecule has 204 valence electrons. The maximum Gasteiger partial charge on any atom is 0.287 e. The van der Waals surface area contributed by atoms with Crippen molar-refractivity contribution in [3.8, 4) is 17.2 Å². The number of hydrogen-bond donors (Lipinski definition) is 0. The Morgan fingerprint density at radius 2 is 1.82 bits per heavy atom. The fourth-order valence-electron chi connectivity index (χ4n) is 4.82. The molecule has 2 aliphatic rings. The number of carbonyl (C=O) groups is 1. The summed E-state index contributed by atoms with van der Waals surface area (Å²) in [5.74, 6) is 2.92. The van der Waals surface area contributed by atoms with Gasteiger partial charge < -0.3 is 24.0 Å². The molecule has 5 rings (SSSR count). The predicted octanol–water partition coefficient (Wildman–Crippen LogP) is 3.77. The van der Waals surface area contributed by atoms with Gasteiger partial charge >= 0.3 is 0 Å².